The van der Waals surface area contributed by atoms with Gasteiger partial charge in [0.15, 0.2) is 6.61 Å². The number of aliphatic hydroxyl groups is 1. The van der Waals surface area contributed by atoms with Crippen molar-refractivity contribution in [1.82, 2.24) is 5.32 Å². The van der Waals surface area contributed by atoms with E-state index >= 15 is 0 Å². The normalized spacial score (nSPS) is 22.2. The van der Waals surface area contributed by atoms with Crippen LogP contribution >= 0.6 is 0 Å². The molecule has 1 aromatic carbocycles. The lowest BCUT2D eigenvalue weighted by molar-refractivity contribution is -0.124. The lowest BCUT2D eigenvalue weighted by atomic mass is 10.1. The molecule has 2 unspecified atom stereocenters. The van der Waals surface area contributed by atoms with Gasteiger partial charge in [-0.2, -0.15) is 0 Å². The number of amides is 1. The summed E-state index contributed by atoms with van der Waals surface area (Å²) in [5.74, 6) is 0.587. The first kappa shape index (κ1) is 13.9. The summed E-state index contributed by atoms with van der Waals surface area (Å²) in [5.41, 5.74) is 1.09. The number of aliphatic hydroxyl groups excluding tert-OH is 1. The van der Waals surface area contributed by atoms with E-state index in [1.807, 2.05) is 24.3 Å². The second-order valence-corrected chi connectivity index (χ2v) is 4.92. The largest absolute Gasteiger partial charge is 0.483 e. The third-order valence-electron chi connectivity index (χ3n) is 3.54. The summed E-state index contributed by atoms with van der Waals surface area (Å²) < 4.78 is 5.54. The molecule has 19 heavy (non-hydrogen) atoms. The second-order valence-electron chi connectivity index (χ2n) is 4.92. The maximum atomic E-state index is 11.8. The number of para-hydroxylation sites is 1. The molecule has 0 radical (unpaired) electrons. The Morgan fingerprint density at radius 3 is 2.89 bits per heavy atom. The zero-order chi connectivity index (χ0) is 13.7. The summed E-state index contributed by atoms with van der Waals surface area (Å²) in [5, 5.41) is 12.5. The predicted octanol–water partition coefficient (Wildman–Crippen LogP) is 1.66. The fraction of sp³-hybridized carbons (Fsp3) is 0.533. The van der Waals surface area contributed by atoms with Crippen molar-refractivity contribution < 1.29 is 14.6 Å². The van der Waals surface area contributed by atoms with Crippen LogP contribution in [0.3, 0.4) is 0 Å². The number of carbonyl (C=O) groups excluding carboxylic acids is 1. The first-order chi connectivity index (χ1) is 9.20. The molecule has 0 bridgehead atoms. The van der Waals surface area contributed by atoms with Crippen LogP contribution in [0, 0.1) is 0 Å². The molecule has 2 atom stereocenters. The van der Waals surface area contributed by atoms with Crippen molar-refractivity contribution in [2.24, 2.45) is 0 Å². The van der Waals surface area contributed by atoms with E-state index < -0.39 is 6.10 Å². The first-order valence-corrected chi connectivity index (χ1v) is 6.89. The van der Waals surface area contributed by atoms with E-state index in [9.17, 15) is 9.90 Å². The maximum Gasteiger partial charge on any atom is 0.258 e. The monoisotopic (exact) mass is 263 g/mol. The number of hydrogen-bond donors (Lipinski definition) is 2. The van der Waals surface area contributed by atoms with Crippen LogP contribution in [-0.2, 0) is 11.2 Å². The minimum absolute atomic E-state index is 0.000231. The molecule has 0 spiro atoms. The van der Waals surface area contributed by atoms with Gasteiger partial charge in [-0.3, -0.25) is 4.79 Å². The van der Waals surface area contributed by atoms with Gasteiger partial charge >= 0.3 is 0 Å². The van der Waals surface area contributed by atoms with Crippen LogP contribution in [0.1, 0.15) is 31.7 Å². The molecule has 1 saturated carbocycles. The smallest absolute Gasteiger partial charge is 0.258 e. The Balaban J connectivity index is 1.83. The topological polar surface area (TPSA) is 58.6 Å². The summed E-state index contributed by atoms with van der Waals surface area (Å²) in [6.07, 6.45) is 3.04. The summed E-state index contributed by atoms with van der Waals surface area (Å²) in [4.78, 5) is 11.8. The highest BCUT2D eigenvalue weighted by Gasteiger charge is 2.26. The highest BCUT2D eigenvalue weighted by atomic mass is 16.5. The Morgan fingerprint density at radius 2 is 2.21 bits per heavy atom. The van der Waals surface area contributed by atoms with Crippen LogP contribution in [0.5, 0.6) is 5.75 Å². The van der Waals surface area contributed by atoms with Crippen molar-refractivity contribution in [3.8, 4) is 5.75 Å². The van der Waals surface area contributed by atoms with Crippen molar-refractivity contribution in [1.29, 1.82) is 0 Å². The van der Waals surface area contributed by atoms with Gasteiger partial charge in [0.1, 0.15) is 5.75 Å². The third-order valence-corrected chi connectivity index (χ3v) is 3.54. The standard InChI is InChI=1S/C15H21NO3/c1-2-11-6-3-4-9-14(11)19-10-15(18)16-12-7-5-8-13(12)17/h3-4,6,9,12-13,17H,2,5,7-8,10H2,1H3,(H,16,18). The lowest BCUT2D eigenvalue weighted by Crippen LogP contribution is -2.42. The Hall–Kier alpha value is -1.55. The fourth-order valence-electron chi connectivity index (χ4n) is 2.44. The summed E-state index contributed by atoms with van der Waals surface area (Å²) in [7, 11) is 0. The van der Waals surface area contributed by atoms with Gasteiger partial charge in [0.05, 0.1) is 12.1 Å². The van der Waals surface area contributed by atoms with Crippen LogP contribution in [0.15, 0.2) is 24.3 Å². The highest BCUT2D eigenvalue weighted by molar-refractivity contribution is 5.78. The van der Waals surface area contributed by atoms with Crippen molar-refractivity contribution in [3.63, 3.8) is 0 Å². The van der Waals surface area contributed by atoms with E-state index in [2.05, 4.69) is 12.2 Å². The number of ether oxygens (including phenoxy) is 1. The third kappa shape index (κ3) is 3.70. The van der Waals surface area contributed by atoms with E-state index in [1.54, 1.807) is 0 Å². The molecular formula is C15H21NO3. The van der Waals surface area contributed by atoms with Gasteiger partial charge < -0.3 is 15.2 Å². The number of aryl methyl sites for hydroxylation is 1. The number of nitrogens with one attached hydrogen (secondary N) is 1. The molecule has 4 nitrogen and oxygen atoms in total. The molecular weight excluding hydrogens is 242 g/mol. The zero-order valence-electron chi connectivity index (χ0n) is 11.3. The van der Waals surface area contributed by atoms with E-state index in [1.165, 1.54) is 0 Å². The summed E-state index contributed by atoms with van der Waals surface area (Å²) >= 11 is 0. The van der Waals surface area contributed by atoms with E-state index in [4.69, 9.17) is 4.74 Å². The van der Waals surface area contributed by atoms with Gasteiger partial charge in [-0.25, -0.2) is 0 Å². The molecule has 2 rings (SSSR count). The maximum absolute atomic E-state index is 11.8. The Morgan fingerprint density at radius 1 is 1.42 bits per heavy atom. The molecule has 2 N–H and O–H groups in total. The molecule has 1 amide bonds. The second kappa shape index (κ2) is 6.57. The van der Waals surface area contributed by atoms with Gasteiger partial charge in [-0.05, 0) is 37.3 Å². The number of carbonyl (C=O) groups is 1. The van der Waals surface area contributed by atoms with Crippen LogP contribution < -0.4 is 10.1 Å². The van der Waals surface area contributed by atoms with Crippen molar-refractivity contribution in [2.75, 3.05) is 6.61 Å². The molecule has 1 aliphatic carbocycles. The highest BCUT2D eigenvalue weighted by Crippen LogP contribution is 2.19. The minimum Gasteiger partial charge on any atom is -0.483 e. The fourth-order valence-corrected chi connectivity index (χ4v) is 2.44. The first-order valence-electron chi connectivity index (χ1n) is 6.89. The Bertz CT molecular complexity index is 433. The number of benzene rings is 1. The molecule has 0 saturated heterocycles. The van der Waals surface area contributed by atoms with Gasteiger partial charge in [0, 0.05) is 0 Å². The van der Waals surface area contributed by atoms with Crippen LogP contribution in [0.4, 0.5) is 0 Å². The van der Waals surface area contributed by atoms with Crippen molar-refractivity contribution in [2.45, 2.75) is 44.8 Å². The quantitative estimate of drug-likeness (QED) is 0.849. The van der Waals surface area contributed by atoms with Gasteiger partial charge in [-0.15, -0.1) is 0 Å². The van der Waals surface area contributed by atoms with Crippen LogP contribution in [-0.4, -0.2) is 29.8 Å². The summed E-state index contributed by atoms with van der Waals surface area (Å²) in [6.45, 7) is 2.05. The van der Waals surface area contributed by atoms with Gasteiger partial charge in [0.2, 0.25) is 0 Å². The van der Waals surface area contributed by atoms with E-state index in [0.717, 1.165) is 37.0 Å². The molecule has 0 heterocycles. The van der Waals surface area contributed by atoms with Crippen LogP contribution in [0.25, 0.3) is 0 Å². The number of hydrogen-bond acceptors (Lipinski definition) is 3. The average molecular weight is 263 g/mol. The van der Waals surface area contributed by atoms with E-state index in [-0.39, 0.29) is 18.6 Å². The molecule has 4 heteroatoms. The molecule has 0 aliphatic heterocycles. The van der Waals surface area contributed by atoms with Crippen molar-refractivity contribution >= 4 is 5.91 Å². The molecule has 1 aliphatic rings. The Kier molecular flexibility index (Phi) is 4.80. The average Bonchev–Trinajstić information content (AvgIpc) is 2.82. The molecule has 1 fully saturated rings. The summed E-state index contributed by atoms with van der Waals surface area (Å²) in [6, 6.07) is 7.61. The van der Waals surface area contributed by atoms with Gasteiger partial charge in [-0.1, -0.05) is 25.1 Å². The van der Waals surface area contributed by atoms with Gasteiger partial charge in [0.25, 0.3) is 5.91 Å². The minimum atomic E-state index is -0.410. The van der Waals surface area contributed by atoms with Crippen LogP contribution in [0.2, 0.25) is 0 Å². The molecule has 1 aromatic rings. The van der Waals surface area contributed by atoms with E-state index in [0.29, 0.717) is 0 Å². The Labute approximate surface area is 113 Å². The lowest BCUT2D eigenvalue weighted by Gasteiger charge is -2.17. The SMILES string of the molecule is CCc1ccccc1OCC(=O)NC1CCCC1O. The van der Waals surface area contributed by atoms with Crippen molar-refractivity contribution in [3.05, 3.63) is 29.8 Å². The molecule has 0 aromatic heterocycles. The number of rotatable bonds is 5. The predicted molar refractivity (Wildman–Crippen MR) is 73.1 cm³/mol. The molecule has 104 valence electrons. The zero-order valence-corrected chi connectivity index (χ0v) is 11.3.